The van der Waals surface area contributed by atoms with Gasteiger partial charge in [-0.1, -0.05) is 170 Å². The van der Waals surface area contributed by atoms with Crippen molar-refractivity contribution in [2.75, 3.05) is 0 Å². The molecule has 14 aromatic rings. The summed E-state index contributed by atoms with van der Waals surface area (Å²) in [5.41, 5.74) is 16.7. The normalized spacial score (nSPS) is 11.9. The third-order valence-corrected chi connectivity index (χ3v) is 15.1. The zero-order valence-corrected chi connectivity index (χ0v) is 37.2. The van der Waals surface area contributed by atoms with Gasteiger partial charge in [-0.2, -0.15) is 0 Å². The summed E-state index contributed by atoms with van der Waals surface area (Å²) in [6.45, 7) is 0. The van der Waals surface area contributed by atoms with Crippen LogP contribution in [0.5, 0.6) is 0 Å². The Kier molecular flexibility index (Phi) is 8.49. The second-order valence-corrected chi connectivity index (χ2v) is 18.7. The third kappa shape index (κ3) is 6.02. The Morgan fingerprint density at radius 1 is 0.269 bits per heavy atom. The number of para-hydroxylation sites is 2. The number of thiophene rings is 1. The Morgan fingerprint density at radius 2 is 0.821 bits per heavy atom. The fourth-order valence-corrected chi connectivity index (χ4v) is 12.0. The van der Waals surface area contributed by atoms with Gasteiger partial charge >= 0.3 is 0 Å². The molecule has 312 valence electrons. The summed E-state index contributed by atoms with van der Waals surface area (Å²) in [6, 6.07) is 89.6. The molecule has 0 aliphatic carbocycles. The van der Waals surface area contributed by atoms with Crippen LogP contribution in [-0.4, -0.2) is 9.13 Å². The second kappa shape index (κ2) is 15.0. The lowest BCUT2D eigenvalue weighted by Gasteiger charge is -2.14. The minimum Gasteiger partial charge on any atom is -0.309 e. The van der Waals surface area contributed by atoms with E-state index in [1.165, 1.54) is 125 Å². The number of rotatable bonds is 6. The molecule has 0 saturated heterocycles. The number of fused-ring (bicyclic) bond motifs is 10. The lowest BCUT2D eigenvalue weighted by molar-refractivity contribution is 1.18. The van der Waals surface area contributed by atoms with E-state index in [2.05, 4.69) is 252 Å². The molecule has 0 N–H and O–H groups in total. The first-order chi connectivity index (χ1) is 33.2. The van der Waals surface area contributed by atoms with Gasteiger partial charge in [-0.15, -0.1) is 11.3 Å². The molecule has 0 atom stereocenters. The molecule has 0 unspecified atom stereocenters. The van der Waals surface area contributed by atoms with E-state index >= 15 is 0 Å². The van der Waals surface area contributed by atoms with Gasteiger partial charge in [0.05, 0.1) is 32.5 Å². The van der Waals surface area contributed by atoms with Crippen LogP contribution in [0, 0.1) is 0 Å². The van der Waals surface area contributed by atoms with Gasteiger partial charge in [0.2, 0.25) is 0 Å². The molecule has 0 fully saturated rings. The Balaban J connectivity index is 0.973. The molecule has 3 heteroatoms. The standard InChI is InChI=1S/C64H40N2S/c1-2-14-41(15-3-1)42-28-32-49(33-29-42)65-58-24-9-7-20-53(58)57-39-44(31-35-60(57)65)46-36-47(38-48(37-46)51-22-12-17-43-16-4-5-18-50(43)51)45-30-34-54-52-19-6-10-25-59(52)66(62(54)40-45)61-26-13-23-56-55-21-8-11-27-63(55)67-64(56)61/h1-40H. The number of benzene rings is 11. The van der Waals surface area contributed by atoms with E-state index < -0.39 is 0 Å². The SMILES string of the molecule is c1ccc(-c2ccc(-n3c4ccccc4c4cc(-c5cc(-c6ccc7c8ccccc8n(-c8cccc9c8sc8ccccc89)c7c6)cc(-c6cccc7ccccc67)c5)ccc43)cc2)cc1. The molecule has 0 amide bonds. The van der Waals surface area contributed by atoms with Crippen LogP contribution >= 0.6 is 11.3 Å². The quantitative estimate of drug-likeness (QED) is 0.158. The predicted molar refractivity (Wildman–Crippen MR) is 287 cm³/mol. The maximum atomic E-state index is 2.50. The summed E-state index contributed by atoms with van der Waals surface area (Å²) in [6.07, 6.45) is 0. The van der Waals surface area contributed by atoms with Gasteiger partial charge in [-0.05, 0) is 128 Å². The zero-order chi connectivity index (χ0) is 44.0. The Hall–Kier alpha value is -8.50. The van der Waals surface area contributed by atoms with Crippen LogP contribution in [0.3, 0.4) is 0 Å². The first-order valence-electron chi connectivity index (χ1n) is 23.0. The fourth-order valence-electron chi connectivity index (χ4n) is 10.8. The largest absolute Gasteiger partial charge is 0.309 e. The molecule has 14 rings (SSSR count). The highest BCUT2D eigenvalue weighted by Gasteiger charge is 2.19. The van der Waals surface area contributed by atoms with Crippen LogP contribution in [0.25, 0.3) is 130 Å². The van der Waals surface area contributed by atoms with Gasteiger partial charge in [0, 0.05) is 42.7 Å². The number of hydrogen-bond acceptors (Lipinski definition) is 1. The maximum Gasteiger partial charge on any atom is 0.0640 e. The van der Waals surface area contributed by atoms with Crippen molar-refractivity contribution in [3.63, 3.8) is 0 Å². The van der Waals surface area contributed by atoms with E-state index in [9.17, 15) is 0 Å². The molecule has 0 radical (unpaired) electrons. The first-order valence-corrected chi connectivity index (χ1v) is 23.8. The monoisotopic (exact) mass is 868 g/mol. The van der Waals surface area contributed by atoms with Crippen LogP contribution in [-0.2, 0) is 0 Å². The second-order valence-electron chi connectivity index (χ2n) is 17.7. The number of aromatic nitrogens is 2. The van der Waals surface area contributed by atoms with Gasteiger partial charge in [-0.25, -0.2) is 0 Å². The van der Waals surface area contributed by atoms with E-state index in [-0.39, 0.29) is 0 Å². The van der Waals surface area contributed by atoms with Crippen molar-refractivity contribution in [2.45, 2.75) is 0 Å². The average molecular weight is 869 g/mol. The fraction of sp³-hybridized carbons (Fsp3) is 0. The third-order valence-electron chi connectivity index (χ3n) is 13.9. The molecule has 0 aliphatic heterocycles. The van der Waals surface area contributed by atoms with Crippen molar-refractivity contribution in [1.82, 2.24) is 9.13 Å². The summed E-state index contributed by atoms with van der Waals surface area (Å²) in [7, 11) is 0. The molecule has 0 saturated carbocycles. The summed E-state index contributed by atoms with van der Waals surface area (Å²) in [5, 5.41) is 10.1. The summed E-state index contributed by atoms with van der Waals surface area (Å²) < 4.78 is 7.53. The minimum atomic E-state index is 1.15. The topological polar surface area (TPSA) is 9.86 Å². The Labute approximate surface area is 391 Å². The molecule has 2 nitrogen and oxygen atoms in total. The lowest BCUT2D eigenvalue weighted by atomic mass is 9.90. The number of hydrogen-bond donors (Lipinski definition) is 0. The van der Waals surface area contributed by atoms with Gasteiger partial charge in [0.1, 0.15) is 0 Å². The highest BCUT2D eigenvalue weighted by atomic mass is 32.1. The first kappa shape index (κ1) is 37.8. The molecule has 0 bridgehead atoms. The van der Waals surface area contributed by atoms with E-state index in [4.69, 9.17) is 0 Å². The lowest BCUT2D eigenvalue weighted by Crippen LogP contribution is -1.94. The van der Waals surface area contributed by atoms with Crippen molar-refractivity contribution in [1.29, 1.82) is 0 Å². The van der Waals surface area contributed by atoms with Crippen molar-refractivity contribution < 1.29 is 0 Å². The molecular formula is C64H40N2S. The zero-order valence-electron chi connectivity index (χ0n) is 36.4. The van der Waals surface area contributed by atoms with Crippen molar-refractivity contribution in [2.24, 2.45) is 0 Å². The van der Waals surface area contributed by atoms with Gasteiger partial charge in [0.25, 0.3) is 0 Å². The summed E-state index contributed by atoms with van der Waals surface area (Å²) in [4.78, 5) is 0. The van der Waals surface area contributed by atoms with Crippen molar-refractivity contribution in [3.05, 3.63) is 243 Å². The van der Waals surface area contributed by atoms with E-state index in [1.807, 2.05) is 11.3 Å². The maximum absolute atomic E-state index is 2.50. The molecule has 3 heterocycles. The van der Waals surface area contributed by atoms with Gasteiger partial charge in [0.15, 0.2) is 0 Å². The number of nitrogens with zero attached hydrogens (tertiary/aromatic N) is 2. The predicted octanol–water partition coefficient (Wildman–Crippen LogP) is 18.1. The minimum absolute atomic E-state index is 1.15. The average Bonchev–Trinajstić information content (AvgIpc) is 4.06. The molecule has 11 aromatic carbocycles. The molecule has 3 aromatic heterocycles. The van der Waals surface area contributed by atoms with Crippen LogP contribution in [0.4, 0.5) is 0 Å². The van der Waals surface area contributed by atoms with Gasteiger partial charge in [-0.3, -0.25) is 0 Å². The van der Waals surface area contributed by atoms with E-state index in [0.29, 0.717) is 0 Å². The molecule has 0 aliphatic rings. The summed E-state index contributed by atoms with van der Waals surface area (Å²) in [5.74, 6) is 0. The highest BCUT2D eigenvalue weighted by Crippen LogP contribution is 2.44. The Morgan fingerprint density at radius 3 is 1.64 bits per heavy atom. The molecular weight excluding hydrogens is 829 g/mol. The van der Waals surface area contributed by atoms with Gasteiger partial charge < -0.3 is 9.13 Å². The van der Waals surface area contributed by atoms with E-state index in [0.717, 1.165) is 5.69 Å². The van der Waals surface area contributed by atoms with Crippen LogP contribution in [0.1, 0.15) is 0 Å². The van der Waals surface area contributed by atoms with Crippen LogP contribution in [0.2, 0.25) is 0 Å². The smallest absolute Gasteiger partial charge is 0.0640 e. The van der Waals surface area contributed by atoms with Crippen LogP contribution in [0.15, 0.2) is 243 Å². The summed E-state index contributed by atoms with van der Waals surface area (Å²) >= 11 is 1.88. The Bertz CT molecular complexity index is 4260. The van der Waals surface area contributed by atoms with Crippen molar-refractivity contribution in [3.8, 4) is 55.9 Å². The van der Waals surface area contributed by atoms with E-state index in [1.54, 1.807) is 0 Å². The van der Waals surface area contributed by atoms with Crippen molar-refractivity contribution >= 4 is 85.9 Å². The molecule has 0 spiro atoms. The van der Waals surface area contributed by atoms with Crippen LogP contribution < -0.4 is 0 Å². The highest BCUT2D eigenvalue weighted by molar-refractivity contribution is 7.26. The molecule has 67 heavy (non-hydrogen) atoms.